The highest BCUT2D eigenvalue weighted by molar-refractivity contribution is 7.71. The smallest absolute Gasteiger partial charge is 0.255 e. The molecule has 2 aromatic rings. The molecule has 0 spiro atoms. The van der Waals surface area contributed by atoms with E-state index in [0.29, 0.717) is 29.3 Å². The van der Waals surface area contributed by atoms with Crippen molar-refractivity contribution in [2.24, 2.45) is 0 Å². The Morgan fingerprint density at radius 2 is 2.19 bits per heavy atom. The van der Waals surface area contributed by atoms with Crippen LogP contribution >= 0.6 is 23.8 Å². The summed E-state index contributed by atoms with van der Waals surface area (Å²) in [6.45, 7) is 1.97. The first kappa shape index (κ1) is 14.3. The molecule has 7 heteroatoms. The molecule has 1 aromatic heterocycles. The maximum Gasteiger partial charge on any atom is 0.255 e. The third kappa shape index (κ3) is 2.88. The van der Waals surface area contributed by atoms with Gasteiger partial charge in [-0.2, -0.15) is 0 Å². The van der Waals surface area contributed by atoms with Gasteiger partial charge in [-0.1, -0.05) is 23.7 Å². The number of nitrogens with one attached hydrogen (secondary N) is 2. The number of nitrogens with zero attached hydrogens (tertiary/aromatic N) is 1. The number of phenols is 1. The van der Waals surface area contributed by atoms with Crippen LogP contribution < -0.4 is 5.56 Å². The van der Waals surface area contributed by atoms with Crippen molar-refractivity contribution in [1.29, 1.82) is 0 Å². The Hall–Kier alpha value is -1.63. The van der Waals surface area contributed by atoms with Crippen LogP contribution in [0, 0.1) is 4.77 Å². The second-order valence-corrected chi connectivity index (χ2v) is 5.86. The molecule has 0 aliphatic carbocycles. The van der Waals surface area contributed by atoms with Crippen LogP contribution in [0.5, 0.6) is 5.75 Å². The average Bonchev–Trinajstić information content (AvgIpc) is 2.43. The Labute approximate surface area is 131 Å². The predicted molar refractivity (Wildman–Crippen MR) is 83.2 cm³/mol. The van der Waals surface area contributed by atoms with Crippen molar-refractivity contribution in [3.63, 3.8) is 0 Å². The fourth-order valence-electron chi connectivity index (χ4n) is 2.60. The van der Waals surface area contributed by atoms with Crippen LogP contribution in [0.1, 0.15) is 16.8 Å². The van der Waals surface area contributed by atoms with E-state index < -0.39 is 0 Å². The van der Waals surface area contributed by atoms with Gasteiger partial charge in [-0.25, -0.2) is 0 Å². The maximum atomic E-state index is 11.8. The number of rotatable bonds is 2. The zero-order valence-corrected chi connectivity index (χ0v) is 12.7. The van der Waals surface area contributed by atoms with Crippen LogP contribution in [-0.4, -0.2) is 26.5 Å². The van der Waals surface area contributed by atoms with Gasteiger partial charge in [0.25, 0.3) is 5.56 Å². The van der Waals surface area contributed by atoms with Gasteiger partial charge in [0.2, 0.25) is 0 Å². The molecule has 0 saturated heterocycles. The zero-order valence-electron chi connectivity index (χ0n) is 11.1. The lowest BCUT2D eigenvalue weighted by Gasteiger charge is -2.28. The SMILES string of the molecule is O=c1[nH]c(=S)[nH]c2c1CCN(Cc1cccc(O)c1Cl)C2. The molecule has 3 N–H and O–H groups in total. The Morgan fingerprint density at radius 3 is 3.00 bits per heavy atom. The summed E-state index contributed by atoms with van der Waals surface area (Å²) >= 11 is 11.1. The number of H-pyrrole nitrogens is 2. The van der Waals surface area contributed by atoms with Crippen LogP contribution in [0.15, 0.2) is 23.0 Å². The molecule has 0 fully saturated rings. The van der Waals surface area contributed by atoms with E-state index in [0.717, 1.165) is 23.4 Å². The number of aromatic amines is 2. The molecule has 1 aliphatic heterocycles. The van der Waals surface area contributed by atoms with E-state index >= 15 is 0 Å². The molecule has 0 radical (unpaired) electrons. The standard InChI is InChI=1S/C14H14ClN3O2S/c15-12-8(2-1-3-11(12)19)6-18-5-4-9-10(7-18)16-14(21)17-13(9)20/h1-3,19H,4-7H2,(H2,16,17,20,21). The van der Waals surface area contributed by atoms with Crippen LogP contribution in [0.25, 0.3) is 0 Å². The van der Waals surface area contributed by atoms with Gasteiger partial charge < -0.3 is 10.1 Å². The van der Waals surface area contributed by atoms with Gasteiger partial charge in [0.15, 0.2) is 4.77 Å². The van der Waals surface area contributed by atoms with E-state index in [-0.39, 0.29) is 11.3 Å². The summed E-state index contributed by atoms with van der Waals surface area (Å²) in [5.74, 6) is 0.0856. The van der Waals surface area contributed by atoms with E-state index in [4.69, 9.17) is 23.8 Å². The lowest BCUT2D eigenvalue weighted by Crippen LogP contribution is -2.34. The van der Waals surface area contributed by atoms with Crippen LogP contribution in [0.2, 0.25) is 5.02 Å². The van der Waals surface area contributed by atoms with Gasteiger partial charge in [-0.3, -0.25) is 14.7 Å². The van der Waals surface area contributed by atoms with Gasteiger partial charge in [-0.15, -0.1) is 0 Å². The second kappa shape index (κ2) is 5.63. The zero-order chi connectivity index (χ0) is 15.0. The predicted octanol–water partition coefficient (Wildman–Crippen LogP) is 2.35. The van der Waals surface area contributed by atoms with E-state index in [1.54, 1.807) is 12.1 Å². The summed E-state index contributed by atoms with van der Waals surface area (Å²) in [6, 6.07) is 5.22. The molecular formula is C14H14ClN3O2S. The summed E-state index contributed by atoms with van der Waals surface area (Å²) < 4.78 is 0.344. The highest BCUT2D eigenvalue weighted by Gasteiger charge is 2.20. The molecule has 0 atom stereocenters. The molecule has 0 bridgehead atoms. The molecular weight excluding hydrogens is 310 g/mol. The first-order valence-corrected chi connectivity index (χ1v) is 7.36. The summed E-state index contributed by atoms with van der Waals surface area (Å²) in [4.78, 5) is 19.6. The molecule has 21 heavy (non-hydrogen) atoms. The number of halogens is 1. The quantitative estimate of drug-likeness (QED) is 0.742. The molecule has 0 saturated carbocycles. The van der Waals surface area contributed by atoms with E-state index in [2.05, 4.69) is 14.9 Å². The first-order valence-electron chi connectivity index (χ1n) is 6.57. The number of benzene rings is 1. The third-order valence-corrected chi connectivity index (χ3v) is 4.28. The first-order chi connectivity index (χ1) is 10.0. The van der Waals surface area contributed by atoms with Crippen molar-refractivity contribution >= 4 is 23.8 Å². The fraction of sp³-hybridized carbons (Fsp3) is 0.286. The summed E-state index contributed by atoms with van der Waals surface area (Å²) in [6.07, 6.45) is 0.660. The highest BCUT2D eigenvalue weighted by atomic mass is 35.5. The normalized spacial score (nSPS) is 14.9. The minimum absolute atomic E-state index is 0.0856. The topological polar surface area (TPSA) is 72.1 Å². The van der Waals surface area contributed by atoms with Crippen LogP contribution in [0.4, 0.5) is 0 Å². The molecule has 3 rings (SSSR count). The number of aromatic hydroxyl groups is 1. The van der Waals surface area contributed by atoms with Crippen LogP contribution in [0.3, 0.4) is 0 Å². The number of fused-ring (bicyclic) bond motifs is 1. The third-order valence-electron chi connectivity index (χ3n) is 3.64. The van der Waals surface area contributed by atoms with Gasteiger partial charge in [0.1, 0.15) is 5.75 Å². The molecule has 110 valence electrons. The number of aromatic nitrogens is 2. The fourth-order valence-corrected chi connectivity index (χ4v) is 3.00. The van der Waals surface area contributed by atoms with Crippen molar-refractivity contribution in [1.82, 2.24) is 14.9 Å². The summed E-state index contributed by atoms with van der Waals surface area (Å²) in [5, 5.41) is 10.0. The summed E-state index contributed by atoms with van der Waals surface area (Å²) in [5.41, 5.74) is 2.38. The van der Waals surface area contributed by atoms with Crippen LogP contribution in [-0.2, 0) is 19.5 Å². The molecule has 1 aromatic carbocycles. The van der Waals surface area contributed by atoms with Gasteiger partial charge in [-0.05, 0) is 30.3 Å². The number of phenolic OH excluding ortho intramolecular Hbond substituents is 1. The van der Waals surface area contributed by atoms with Crippen molar-refractivity contribution in [3.05, 3.63) is 55.2 Å². The van der Waals surface area contributed by atoms with Gasteiger partial charge in [0, 0.05) is 30.9 Å². The maximum absolute atomic E-state index is 11.8. The molecule has 1 aliphatic rings. The Balaban J connectivity index is 1.85. The van der Waals surface area contributed by atoms with Crippen molar-refractivity contribution in [3.8, 4) is 5.75 Å². The minimum Gasteiger partial charge on any atom is -0.506 e. The van der Waals surface area contributed by atoms with Crippen molar-refractivity contribution < 1.29 is 5.11 Å². The number of hydrogen-bond donors (Lipinski definition) is 3. The van der Waals surface area contributed by atoms with Crippen molar-refractivity contribution in [2.75, 3.05) is 6.54 Å². The van der Waals surface area contributed by atoms with Gasteiger partial charge >= 0.3 is 0 Å². The largest absolute Gasteiger partial charge is 0.506 e. The van der Waals surface area contributed by atoms with Crippen molar-refractivity contribution in [2.45, 2.75) is 19.5 Å². The monoisotopic (exact) mass is 323 g/mol. The summed E-state index contributed by atoms with van der Waals surface area (Å²) in [7, 11) is 0. The Morgan fingerprint density at radius 1 is 1.38 bits per heavy atom. The molecule has 0 unspecified atom stereocenters. The molecule has 5 nitrogen and oxygen atoms in total. The molecule has 2 heterocycles. The van der Waals surface area contributed by atoms with E-state index in [1.165, 1.54) is 0 Å². The minimum atomic E-state index is -0.108. The van der Waals surface area contributed by atoms with Gasteiger partial charge in [0.05, 0.1) is 5.02 Å². The Kier molecular flexibility index (Phi) is 3.84. The Bertz CT molecular complexity index is 800. The second-order valence-electron chi connectivity index (χ2n) is 5.08. The van der Waals surface area contributed by atoms with E-state index in [9.17, 15) is 9.90 Å². The lowest BCUT2D eigenvalue weighted by atomic mass is 10.1. The highest BCUT2D eigenvalue weighted by Crippen LogP contribution is 2.28. The average molecular weight is 324 g/mol. The lowest BCUT2D eigenvalue weighted by molar-refractivity contribution is 0.240. The molecule has 0 amide bonds. The number of hydrogen-bond acceptors (Lipinski definition) is 4. The van der Waals surface area contributed by atoms with E-state index in [1.807, 2.05) is 6.07 Å².